The molecule has 3 rings (SSSR count). The fourth-order valence-electron chi connectivity index (χ4n) is 2.57. The summed E-state index contributed by atoms with van der Waals surface area (Å²) < 4.78 is 17.3. The van der Waals surface area contributed by atoms with Gasteiger partial charge in [-0.25, -0.2) is 0 Å². The number of rotatable bonds is 3. The van der Waals surface area contributed by atoms with Crippen LogP contribution in [0, 0.1) is 0 Å². The Bertz CT molecular complexity index is 497. The zero-order chi connectivity index (χ0) is 13.4. The summed E-state index contributed by atoms with van der Waals surface area (Å²) >= 11 is 0. The van der Waals surface area contributed by atoms with E-state index >= 15 is 0 Å². The van der Waals surface area contributed by atoms with Crippen molar-refractivity contribution in [1.29, 1.82) is 0 Å². The zero-order valence-corrected chi connectivity index (χ0v) is 11.2. The SMILES string of the molecule is CCC(C)c1cc(C=O)cc2c1OCC1COC2O1. The first-order chi connectivity index (χ1) is 9.22. The maximum absolute atomic E-state index is 11.1. The van der Waals surface area contributed by atoms with E-state index < -0.39 is 6.29 Å². The first-order valence-corrected chi connectivity index (χ1v) is 6.75. The molecule has 0 aliphatic carbocycles. The lowest BCUT2D eigenvalue weighted by Crippen LogP contribution is -2.19. The van der Waals surface area contributed by atoms with Gasteiger partial charge in [0, 0.05) is 5.56 Å². The van der Waals surface area contributed by atoms with E-state index in [-0.39, 0.29) is 6.10 Å². The van der Waals surface area contributed by atoms with E-state index in [2.05, 4.69) is 13.8 Å². The van der Waals surface area contributed by atoms with Crippen molar-refractivity contribution < 1.29 is 19.0 Å². The summed E-state index contributed by atoms with van der Waals surface area (Å²) in [6.45, 7) is 5.32. The minimum absolute atomic E-state index is 0.0122. The van der Waals surface area contributed by atoms with Gasteiger partial charge in [-0.2, -0.15) is 0 Å². The maximum atomic E-state index is 11.1. The van der Waals surface area contributed by atoms with Gasteiger partial charge < -0.3 is 14.2 Å². The molecule has 0 aromatic heterocycles. The average molecular weight is 262 g/mol. The highest BCUT2D eigenvalue weighted by atomic mass is 16.7. The van der Waals surface area contributed by atoms with Crippen LogP contribution in [0.25, 0.3) is 0 Å². The summed E-state index contributed by atoms with van der Waals surface area (Å²) in [5, 5.41) is 0. The summed E-state index contributed by atoms with van der Waals surface area (Å²) in [7, 11) is 0. The first-order valence-electron chi connectivity index (χ1n) is 6.75. The van der Waals surface area contributed by atoms with Crippen molar-refractivity contribution in [2.24, 2.45) is 0 Å². The van der Waals surface area contributed by atoms with Crippen molar-refractivity contribution in [2.45, 2.75) is 38.6 Å². The molecule has 1 aromatic rings. The van der Waals surface area contributed by atoms with E-state index in [9.17, 15) is 4.79 Å². The van der Waals surface area contributed by atoms with Crippen molar-refractivity contribution >= 4 is 6.29 Å². The predicted molar refractivity (Wildman–Crippen MR) is 69.6 cm³/mol. The van der Waals surface area contributed by atoms with E-state index in [1.807, 2.05) is 12.1 Å². The normalized spacial score (nSPS) is 26.2. The molecule has 1 aromatic carbocycles. The number of aldehydes is 1. The molecule has 3 atom stereocenters. The lowest BCUT2D eigenvalue weighted by Gasteiger charge is -2.21. The monoisotopic (exact) mass is 262 g/mol. The average Bonchev–Trinajstić information content (AvgIpc) is 2.83. The van der Waals surface area contributed by atoms with Crippen molar-refractivity contribution in [2.75, 3.05) is 13.2 Å². The van der Waals surface area contributed by atoms with Gasteiger partial charge in [-0.15, -0.1) is 0 Å². The molecule has 3 unspecified atom stereocenters. The van der Waals surface area contributed by atoms with E-state index in [4.69, 9.17) is 14.2 Å². The van der Waals surface area contributed by atoms with Gasteiger partial charge in [-0.3, -0.25) is 4.79 Å². The van der Waals surface area contributed by atoms with Crippen LogP contribution < -0.4 is 4.74 Å². The highest BCUT2D eigenvalue weighted by Gasteiger charge is 2.35. The molecule has 2 bridgehead atoms. The number of ether oxygens (including phenoxy) is 3. The molecule has 0 saturated carbocycles. The number of carbonyl (C=O) groups excluding carboxylic acids is 1. The minimum Gasteiger partial charge on any atom is -0.490 e. The number of hydrogen-bond donors (Lipinski definition) is 0. The number of carbonyl (C=O) groups is 1. The summed E-state index contributed by atoms with van der Waals surface area (Å²) in [6, 6.07) is 3.73. The Morgan fingerprint density at radius 1 is 1.42 bits per heavy atom. The molecule has 4 nitrogen and oxygen atoms in total. The van der Waals surface area contributed by atoms with E-state index in [1.165, 1.54) is 0 Å². The second kappa shape index (κ2) is 4.94. The lowest BCUT2D eigenvalue weighted by molar-refractivity contribution is -0.0579. The van der Waals surface area contributed by atoms with Gasteiger partial charge >= 0.3 is 0 Å². The summed E-state index contributed by atoms with van der Waals surface area (Å²) in [4.78, 5) is 11.1. The second-order valence-corrected chi connectivity index (χ2v) is 5.19. The van der Waals surface area contributed by atoms with Crippen LogP contribution in [0.2, 0.25) is 0 Å². The van der Waals surface area contributed by atoms with Gasteiger partial charge in [-0.05, 0) is 30.0 Å². The molecule has 102 valence electrons. The zero-order valence-electron chi connectivity index (χ0n) is 11.2. The predicted octanol–water partition coefficient (Wildman–Crippen LogP) is 2.82. The molecule has 1 saturated heterocycles. The molecule has 2 aliphatic rings. The van der Waals surface area contributed by atoms with Crippen molar-refractivity contribution in [3.63, 3.8) is 0 Å². The summed E-state index contributed by atoms with van der Waals surface area (Å²) in [5.74, 6) is 1.18. The first kappa shape index (κ1) is 12.6. The van der Waals surface area contributed by atoms with E-state index in [1.54, 1.807) is 0 Å². The molecule has 0 radical (unpaired) electrons. The molecule has 0 spiro atoms. The summed E-state index contributed by atoms with van der Waals surface area (Å²) in [5.41, 5.74) is 2.57. The highest BCUT2D eigenvalue weighted by Crippen LogP contribution is 2.42. The molecule has 2 heterocycles. The van der Waals surface area contributed by atoms with Crippen LogP contribution in [-0.2, 0) is 9.47 Å². The van der Waals surface area contributed by atoms with Crippen molar-refractivity contribution in [1.82, 2.24) is 0 Å². The Labute approximate surface area is 112 Å². The number of hydrogen-bond acceptors (Lipinski definition) is 4. The molecule has 19 heavy (non-hydrogen) atoms. The van der Waals surface area contributed by atoms with Gasteiger partial charge in [0.05, 0.1) is 12.2 Å². The number of fused-ring (bicyclic) bond motifs is 4. The van der Waals surface area contributed by atoms with Crippen molar-refractivity contribution in [3.8, 4) is 5.75 Å². The third kappa shape index (κ3) is 2.15. The Morgan fingerprint density at radius 3 is 3.00 bits per heavy atom. The smallest absolute Gasteiger partial charge is 0.188 e. The van der Waals surface area contributed by atoms with Crippen LogP contribution in [0.5, 0.6) is 5.75 Å². The second-order valence-electron chi connectivity index (χ2n) is 5.19. The van der Waals surface area contributed by atoms with Gasteiger partial charge in [0.1, 0.15) is 24.7 Å². The topological polar surface area (TPSA) is 44.8 Å². The fourth-order valence-corrected chi connectivity index (χ4v) is 2.57. The van der Waals surface area contributed by atoms with Crippen LogP contribution in [-0.4, -0.2) is 25.6 Å². The third-order valence-corrected chi connectivity index (χ3v) is 3.87. The molecule has 0 amide bonds. The van der Waals surface area contributed by atoms with Crippen LogP contribution in [0.3, 0.4) is 0 Å². The number of benzene rings is 1. The molecule has 4 heteroatoms. The van der Waals surface area contributed by atoms with Gasteiger partial charge in [0.2, 0.25) is 0 Å². The van der Waals surface area contributed by atoms with Gasteiger partial charge in [0.15, 0.2) is 6.29 Å². The largest absolute Gasteiger partial charge is 0.490 e. The lowest BCUT2D eigenvalue weighted by atomic mass is 9.93. The molecular formula is C15H18O4. The quantitative estimate of drug-likeness (QED) is 0.786. The van der Waals surface area contributed by atoms with Gasteiger partial charge in [0.25, 0.3) is 0 Å². The van der Waals surface area contributed by atoms with E-state index in [0.717, 1.165) is 29.6 Å². The molecular weight excluding hydrogens is 244 g/mol. The van der Waals surface area contributed by atoms with Crippen LogP contribution in [0.4, 0.5) is 0 Å². The fraction of sp³-hybridized carbons (Fsp3) is 0.533. The molecule has 2 aliphatic heterocycles. The third-order valence-electron chi connectivity index (χ3n) is 3.87. The molecule has 1 fully saturated rings. The standard InChI is InChI=1S/C15H18O4/c1-3-9(2)12-4-10(6-16)5-13-14(12)17-7-11-8-18-15(13)19-11/h4-6,9,11,15H,3,7-8H2,1-2H3. The Morgan fingerprint density at radius 2 is 2.26 bits per heavy atom. The Hall–Kier alpha value is -1.39. The van der Waals surface area contributed by atoms with Crippen LogP contribution in [0.1, 0.15) is 54.0 Å². The van der Waals surface area contributed by atoms with Gasteiger partial charge in [-0.1, -0.05) is 13.8 Å². The van der Waals surface area contributed by atoms with Crippen LogP contribution in [0.15, 0.2) is 12.1 Å². The van der Waals surface area contributed by atoms with Crippen molar-refractivity contribution in [3.05, 3.63) is 28.8 Å². The minimum atomic E-state index is -0.398. The Kier molecular flexibility index (Phi) is 3.29. The highest BCUT2D eigenvalue weighted by molar-refractivity contribution is 5.77. The van der Waals surface area contributed by atoms with E-state index in [0.29, 0.717) is 24.7 Å². The maximum Gasteiger partial charge on any atom is 0.188 e. The Balaban J connectivity index is 2.13. The molecule has 0 N–H and O–H groups in total. The summed E-state index contributed by atoms with van der Waals surface area (Å²) in [6.07, 6.45) is 1.45. The van der Waals surface area contributed by atoms with Crippen LogP contribution >= 0.6 is 0 Å².